The van der Waals surface area contributed by atoms with Gasteiger partial charge in [0.05, 0.1) is 6.54 Å². The Morgan fingerprint density at radius 3 is 2.80 bits per heavy atom. The number of halogens is 1. The molecule has 0 bridgehead atoms. The quantitative estimate of drug-likeness (QED) is 0.639. The van der Waals surface area contributed by atoms with Crippen molar-refractivity contribution in [3.8, 4) is 0 Å². The van der Waals surface area contributed by atoms with E-state index in [9.17, 15) is 4.39 Å². The maximum Gasteiger partial charge on any atom is 0.191 e. The highest BCUT2D eigenvalue weighted by Crippen LogP contribution is 2.20. The van der Waals surface area contributed by atoms with Crippen molar-refractivity contribution < 1.29 is 4.39 Å². The number of hydrogen-bond acceptors (Lipinski definition) is 5. The highest BCUT2D eigenvalue weighted by atomic mass is 32.2. The molecule has 5 nitrogen and oxygen atoms in total. The molecule has 0 aliphatic carbocycles. The van der Waals surface area contributed by atoms with Gasteiger partial charge in [-0.2, -0.15) is 11.8 Å². The third-order valence-corrected chi connectivity index (χ3v) is 5.60. The van der Waals surface area contributed by atoms with Gasteiger partial charge in [-0.25, -0.2) is 14.4 Å². The first kappa shape index (κ1) is 18.0. The van der Waals surface area contributed by atoms with Crippen LogP contribution in [0.1, 0.15) is 11.1 Å². The number of nitrogens with zero attached hydrogens (tertiary/aromatic N) is 4. The molecule has 1 fully saturated rings. The molecular formula is C17H22FN5S2. The van der Waals surface area contributed by atoms with Crippen LogP contribution in [0.2, 0.25) is 0 Å². The Balaban J connectivity index is 1.59. The molecule has 1 saturated heterocycles. The van der Waals surface area contributed by atoms with E-state index in [4.69, 9.17) is 5.73 Å². The van der Waals surface area contributed by atoms with Gasteiger partial charge in [0, 0.05) is 43.5 Å². The Morgan fingerprint density at radius 2 is 2.12 bits per heavy atom. The number of thioether (sulfide) groups is 1. The zero-order valence-corrected chi connectivity index (χ0v) is 15.8. The summed E-state index contributed by atoms with van der Waals surface area (Å²) in [7, 11) is 0. The predicted molar refractivity (Wildman–Crippen MR) is 105 cm³/mol. The summed E-state index contributed by atoms with van der Waals surface area (Å²) in [6.07, 6.45) is 3.84. The zero-order valence-electron chi connectivity index (χ0n) is 14.2. The van der Waals surface area contributed by atoms with Crippen LogP contribution in [-0.2, 0) is 12.3 Å². The van der Waals surface area contributed by atoms with E-state index in [-0.39, 0.29) is 5.82 Å². The SMILES string of the molecule is CSCc1cc(F)ccc1CN=C(N)N1CCN(c2nccs2)CC1. The summed E-state index contributed by atoms with van der Waals surface area (Å²) in [5, 5.41) is 3.05. The number of anilines is 1. The van der Waals surface area contributed by atoms with Gasteiger partial charge in [-0.15, -0.1) is 11.3 Å². The second-order valence-electron chi connectivity index (χ2n) is 5.81. The Morgan fingerprint density at radius 1 is 1.32 bits per heavy atom. The van der Waals surface area contributed by atoms with Crippen LogP contribution in [0.15, 0.2) is 34.8 Å². The summed E-state index contributed by atoms with van der Waals surface area (Å²) >= 11 is 3.33. The molecule has 2 N–H and O–H groups in total. The first-order valence-corrected chi connectivity index (χ1v) is 10.4. The van der Waals surface area contributed by atoms with Crippen molar-refractivity contribution in [1.29, 1.82) is 0 Å². The molecule has 0 unspecified atom stereocenters. The maximum atomic E-state index is 13.4. The summed E-state index contributed by atoms with van der Waals surface area (Å²) in [6, 6.07) is 4.88. The lowest BCUT2D eigenvalue weighted by Crippen LogP contribution is -2.51. The van der Waals surface area contributed by atoms with Crippen molar-refractivity contribution >= 4 is 34.2 Å². The minimum absolute atomic E-state index is 0.206. The molecule has 1 aromatic heterocycles. The topological polar surface area (TPSA) is 57.8 Å². The summed E-state index contributed by atoms with van der Waals surface area (Å²) < 4.78 is 13.4. The van der Waals surface area contributed by atoms with Crippen LogP contribution in [-0.4, -0.2) is 48.3 Å². The van der Waals surface area contributed by atoms with Crippen LogP contribution in [0.25, 0.3) is 0 Å². The number of aromatic nitrogens is 1. The lowest BCUT2D eigenvalue weighted by atomic mass is 10.1. The van der Waals surface area contributed by atoms with Gasteiger partial charge in [-0.1, -0.05) is 6.07 Å². The number of rotatable bonds is 5. The molecule has 0 atom stereocenters. The highest BCUT2D eigenvalue weighted by molar-refractivity contribution is 7.97. The minimum atomic E-state index is -0.206. The van der Waals surface area contributed by atoms with Crippen molar-refractivity contribution in [3.63, 3.8) is 0 Å². The van der Waals surface area contributed by atoms with Gasteiger partial charge in [0.1, 0.15) is 5.82 Å². The average molecular weight is 380 g/mol. The summed E-state index contributed by atoms with van der Waals surface area (Å²) in [5.74, 6) is 1.12. The molecule has 0 saturated carbocycles. The van der Waals surface area contributed by atoms with Gasteiger partial charge < -0.3 is 15.5 Å². The highest BCUT2D eigenvalue weighted by Gasteiger charge is 2.19. The number of aliphatic imine (C=N–C) groups is 1. The summed E-state index contributed by atoms with van der Waals surface area (Å²) in [4.78, 5) is 13.3. The zero-order chi connectivity index (χ0) is 17.6. The molecule has 1 aliphatic heterocycles. The second kappa shape index (κ2) is 8.53. The van der Waals surface area contributed by atoms with Gasteiger partial charge in [0.2, 0.25) is 0 Å². The average Bonchev–Trinajstić information content (AvgIpc) is 3.16. The molecule has 2 heterocycles. The largest absolute Gasteiger partial charge is 0.370 e. The second-order valence-corrected chi connectivity index (χ2v) is 7.55. The Kier molecular flexibility index (Phi) is 6.14. The molecule has 8 heteroatoms. The Bertz CT molecular complexity index is 712. The molecule has 3 rings (SSSR count). The molecule has 1 aliphatic rings. The van der Waals surface area contributed by atoms with Crippen LogP contribution >= 0.6 is 23.1 Å². The standard InChI is InChI=1S/C17H22FN5S2/c1-24-12-14-10-15(18)3-2-13(14)11-21-16(19)22-5-7-23(8-6-22)17-20-4-9-25-17/h2-4,9-10H,5-8,11-12H2,1H3,(H2,19,21). The third-order valence-electron chi connectivity index (χ3n) is 4.17. The summed E-state index contributed by atoms with van der Waals surface area (Å²) in [6.45, 7) is 3.91. The van der Waals surface area contributed by atoms with Gasteiger partial charge in [-0.05, 0) is 29.5 Å². The normalized spacial score (nSPS) is 15.7. The molecule has 0 amide bonds. The van der Waals surface area contributed by atoms with Crippen molar-refractivity contribution in [2.45, 2.75) is 12.3 Å². The van der Waals surface area contributed by atoms with Gasteiger partial charge >= 0.3 is 0 Å². The van der Waals surface area contributed by atoms with Crippen LogP contribution in [0, 0.1) is 5.82 Å². The number of guanidine groups is 1. The third kappa shape index (κ3) is 4.64. The molecule has 0 radical (unpaired) electrons. The molecule has 134 valence electrons. The van der Waals surface area contributed by atoms with Gasteiger partial charge in [-0.3, -0.25) is 0 Å². The molecule has 2 aromatic rings. The summed E-state index contributed by atoms with van der Waals surface area (Å²) in [5.41, 5.74) is 8.19. The van der Waals surface area contributed by atoms with E-state index in [2.05, 4.69) is 19.8 Å². The smallest absolute Gasteiger partial charge is 0.191 e. The van der Waals surface area contributed by atoms with E-state index in [0.29, 0.717) is 12.5 Å². The van der Waals surface area contributed by atoms with Crippen LogP contribution in [0.5, 0.6) is 0 Å². The Labute approximate surface area is 155 Å². The fourth-order valence-corrected chi connectivity index (χ4v) is 4.08. The van der Waals surface area contributed by atoms with Crippen LogP contribution in [0.4, 0.5) is 9.52 Å². The molecule has 0 spiro atoms. The van der Waals surface area contributed by atoms with E-state index in [1.165, 1.54) is 6.07 Å². The van der Waals surface area contributed by atoms with Crippen molar-refractivity contribution in [2.24, 2.45) is 10.7 Å². The number of piperazine rings is 1. The fourth-order valence-electron chi connectivity index (χ4n) is 2.80. The van der Waals surface area contributed by atoms with E-state index in [1.807, 2.05) is 17.8 Å². The molecular weight excluding hydrogens is 357 g/mol. The fraction of sp³-hybridized carbons (Fsp3) is 0.412. The van der Waals surface area contributed by atoms with E-state index < -0.39 is 0 Å². The van der Waals surface area contributed by atoms with Crippen molar-refractivity contribution in [1.82, 2.24) is 9.88 Å². The monoisotopic (exact) mass is 379 g/mol. The molecule has 25 heavy (non-hydrogen) atoms. The van der Waals surface area contributed by atoms with Crippen molar-refractivity contribution in [2.75, 3.05) is 37.3 Å². The number of thiazole rings is 1. The molecule has 1 aromatic carbocycles. The Hall–Kier alpha value is -1.80. The predicted octanol–water partition coefficient (Wildman–Crippen LogP) is 2.78. The minimum Gasteiger partial charge on any atom is -0.370 e. The maximum absolute atomic E-state index is 13.4. The van der Waals surface area contributed by atoms with E-state index in [1.54, 1.807) is 35.2 Å². The van der Waals surface area contributed by atoms with Gasteiger partial charge in [0.15, 0.2) is 11.1 Å². The lowest BCUT2D eigenvalue weighted by molar-refractivity contribution is 0.380. The van der Waals surface area contributed by atoms with Gasteiger partial charge in [0.25, 0.3) is 0 Å². The first-order valence-electron chi connectivity index (χ1n) is 8.13. The number of hydrogen-bond donors (Lipinski definition) is 1. The first-order chi connectivity index (χ1) is 12.2. The lowest BCUT2D eigenvalue weighted by Gasteiger charge is -2.35. The van der Waals surface area contributed by atoms with Crippen LogP contribution < -0.4 is 10.6 Å². The van der Waals surface area contributed by atoms with Crippen molar-refractivity contribution in [3.05, 3.63) is 46.7 Å². The number of benzene rings is 1. The van der Waals surface area contributed by atoms with Crippen LogP contribution in [0.3, 0.4) is 0 Å². The van der Waals surface area contributed by atoms with E-state index in [0.717, 1.165) is 48.2 Å². The number of nitrogens with two attached hydrogens (primary N) is 1. The van der Waals surface area contributed by atoms with E-state index >= 15 is 0 Å².